The van der Waals surface area contributed by atoms with Crippen molar-refractivity contribution >= 4 is 17.4 Å². The van der Waals surface area contributed by atoms with Crippen molar-refractivity contribution in [2.75, 3.05) is 17.7 Å². The van der Waals surface area contributed by atoms with E-state index in [1.807, 2.05) is 37.3 Å². The second-order valence-corrected chi connectivity index (χ2v) is 5.48. The summed E-state index contributed by atoms with van der Waals surface area (Å²) in [6.45, 7) is 1.97. The van der Waals surface area contributed by atoms with E-state index >= 15 is 0 Å². The number of aromatic nitrogens is 1. The second kappa shape index (κ2) is 6.05. The van der Waals surface area contributed by atoms with Gasteiger partial charge in [-0.15, -0.1) is 0 Å². The van der Waals surface area contributed by atoms with E-state index in [9.17, 15) is 4.79 Å². The maximum Gasteiger partial charge on any atom is 0.274 e. The van der Waals surface area contributed by atoms with E-state index in [0.717, 1.165) is 11.4 Å². The van der Waals surface area contributed by atoms with Crippen molar-refractivity contribution in [1.82, 2.24) is 4.98 Å². The van der Waals surface area contributed by atoms with Gasteiger partial charge in [0, 0.05) is 6.04 Å². The zero-order valence-electron chi connectivity index (χ0n) is 12.7. The van der Waals surface area contributed by atoms with Crippen LogP contribution in [0.25, 0.3) is 0 Å². The Morgan fingerprint density at radius 1 is 1.27 bits per heavy atom. The summed E-state index contributed by atoms with van der Waals surface area (Å²) in [5.41, 5.74) is 2.08. The van der Waals surface area contributed by atoms with E-state index in [-0.39, 0.29) is 5.91 Å². The van der Waals surface area contributed by atoms with Crippen LogP contribution in [-0.4, -0.2) is 24.0 Å². The van der Waals surface area contributed by atoms with Gasteiger partial charge in [-0.1, -0.05) is 12.1 Å². The fourth-order valence-corrected chi connectivity index (χ4v) is 2.18. The number of nitrogens with zero attached hydrogens (tertiary/aromatic N) is 1. The molecular weight excluding hydrogens is 278 g/mol. The minimum Gasteiger partial charge on any atom is -0.495 e. The molecule has 1 aromatic heterocycles. The molecule has 0 bridgehead atoms. The number of benzene rings is 1. The minimum absolute atomic E-state index is 0.247. The van der Waals surface area contributed by atoms with Gasteiger partial charge in [0.05, 0.1) is 12.8 Å². The topological polar surface area (TPSA) is 63.2 Å². The van der Waals surface area contributed by atoms with E-state index in [1.165, 1.54) is 12.8 Å². The highest BCUT2D eigenvalue weighted by atomic mass is 16.5. The number of aryl methyl sites for hydroxylation is 1. The van der Waals surface area contributed by atoms with Gasteiger partial charge in [-0.2, -0.15) is 0 Å². The Labute approximate surface area is 129 Å². The van der Waals surface area contributed by atoms with Gasteiger partial charge in [-0.25, -0.2) is 4.98 Å². The SMILES string of the molecule is COc1ccc(C)cc1NC(=O)c1cccc(NC2CC2)n1. The summed E-state index contributed by atoms with van der Waals surface area (Å²) in [5, 5.41) is 6.15. The molecule has 0 unspecified atom stereocenters. The molecule has 0 saturated heterocycles. The zero-order valence-corrected chi connectivity index (χ0v) is 12.7. The molecule has 2 aromatic rings. The Bertz CT molecular complexity index is 696. The van der Waals surface area contributed by atoms with Gasteiger partial charge >= 0.3 is 0 Å². The highest BCUT2D eigenvalue weighted by Gasteiger charge is 2.21. The molecule has 2 N–H and O–H groups in total. The lowest BCUT2D eigenvalue weighted by atomic mass is 10.2. The zero-order chi connectivity index (χ0) is 15.5. The first-order chi connectivity index (χ1) is 10.7. The van der Waals surface area contributed by atoms with E-state index in [0.29, 0.717) is 23.2 Å². The average molecular weight is 297 g/mol. The normalized spacial score (nSPS) is 13.5. The number of hydrogen-bond donors (Lipinski definition) is 2. The van der Waals surface area contributed by atoms with Crippen molar-refractivity contribution in [1.29, 1.82) is 0 Å². The summed E-state index contributed by atoms with van der Waals surface area (Å²) >= 11 is 0. The van der Waals surface area contributed by atoms with Gasteiger partial charge < -0.3 is 15.4 Å². The van der Waals surface area contributed by atoms with Crippen LogP contribution in [0.15, 0.2) is 36.4 Å². The lowest BCUT2D eigenvalue weighted by Crippen LogP contribution is -2.15. The molecule has 1 aromatic carbocycles. The Hall–Kier alpha value is -2.56. The lowest BCUT2D eigenvalue weighted by Gasteiger charge is -2.11. The van der Waals surface area contributed by atoms with Gasteiger partial charge in [-0.3, -0.25) is 4.79 Å². The number of nitrogens with one attached hydrogen (secondary N) is 2. The van der Waals surface area contributed by atoms with E-state index in [2.05, 4.69) is 15.6 Å². The number of carbonyl (C=O) groups excluding carboxylic acids is 1. The van der Waals surface area contributed by atoms with Crippen molar-refractivity contribution in [2.24, 2.45) is 0 Å². The van der Waals surface area contributed by atoms with Crippen molar-refractivity contribution in [3.63, 3.8) is 0 Å². The Kier molecular flexibility index (Phi) is 3.96. The number of pyridine rings is 1. The molecule has 1 saturated carbocycles. The Morgan fingerprint density at radius 2 is 2.09 bits per heavy atom. The molecule has 0 radical (unpaired) electrons. The Morgan fingerprint density at radius 3 is 2.82 bits per heavy atom. The number of anilines is 2. The molecule has 114 valence electrons. The van der Waals surface area contributed by atoms with Crippen LogP contribution in [0, 0.1) is 6.92 Å². The molecule has 0 atom stereocenters. The third kappa shape index (κ3) is 3.36. The highest BCUT2D eigenvalue weighted by Crippen LogP contribution is 2.26. The van der Waals surface area contributed by atoms with Crippen LogP contribution in [0.5, 0.6) is 5.75 Å². The summed E-state index contributed by atoms with van der Waals surface area (Å²) in [6, 6.07) is 11.6. The number of rotatable bonds is 5. The predicted octanol–water partition coefficient (Wildman–Crippen LogP) is 3.23. The molecular formula is C17H19N3O2. The molecule has 0 aliphatic heterocycles. The van der Waals surface area contributed by atoms with Crippen molar-refractivity contribution in [2.45, 2.75) is 25.8 Å². The van der Waals surface area contributed by atoms with E-state index < -0.39 is 0 Å². The highest BCUT2D eigenvalue weighted by molar-refractivity contribution is 6.03. The first-order valence-corrected chi connectivity index (χ1v) is 7.35. The molecule has 1 amide bonds. The van der Waals surface area contributed by atoms with E-state index in [4.69, 9.17) is 4.74 Å². The third-order valence-corrected chi connectivity index (χ3v) is 3.51. The van der Waals surface area contributed by atoms with Crippen molar-refractivity contribution < 1.29 is 9.53 Å². The van der Waals surface area contributed by atoms with Gasteiger partial charge in [0.1, 0.15) is 17.3 Å². The van der Waals surface area contributed by atoms with Crippen LogP contribution >= 0.6 is 0 Å². The second-order valence-electron chi connectivity index (χ2n) is 5.48. The van der Waals surface area contributed by atoms with Crippen LogP contribution in [-0.2, 0) is 0 Å². The number of methoxy groups -OCH3 is 1. The molecule has 22 heavy (non-hydrogen) atoms. The third-order valence-electron chi connectivity index (χ3n) is 3.51. The molecule has 0 spiro atoms. The number of ether oxygens (including phenoxy) is 1. The molecule has 5 nitrogen and oxygen atoms in total. The quantitative estimate of drug-likeness (QED) is 0.889. The maximum atomic E-state index is 12.4. The average Bonchev–Trinajstić information content (AvgIpc) is 3.32. The van der Waals surface area contributed by atoms with Crippen LogP contribution in [0.1, 0.15) is 28.9 Å². The summed E-state index contributed by atoms with van der Waals surface area (Å²) in [6.07, 6.45) is 2.33. The number of carbonyl (C=O) groups is 1. The molecule has 1 fully saturated rings. The van der Waals surface area contributed by atoms with Gasteiger partial charge in [-0.05, 0) is 49.6 Å². The number of hydrogen-bond acceptors (Lipinski definition) is 4. The van der Waals surface area contributed by atoms with Gasteiger partial charge in [0.2, 0.25) is 0 Å². The molecule has 3 rings (SSSR count). The minimum atomic E-state index is -0.247. The summed E-state index contributed by atoms with van der Waals surface area (Å²) < 4.78 is 5.27. The van der Waals surface area contributed by atoms with Crippen molar-refractivity contribution in [3.05, 3.63) is 47.7 Å². The van der Waals surface area contributed by atoms with E-state index in [1.54, 1.807) is 13.2 Å². The monoisotopic (exact) mass is 297 g/mol. The Balaban J connectivity index is 1.77. The largest absolute Gasteiger partial charge is 0.495 e. The smallest absolute Gasteiger partial charge is 0.274 e. The lowest BCUT2D eigenvalue weighted by molar-refractivity contribution is 0.102. The van der Waals surface area contributed by atoms with Crippen LogP contribution < -0.4 is 15.4 Å². The first kappa shape index (κ1) is 14.4. The molecule has 1 aliphatic rings. The van der Waals surface area contributed by atoms with Crippen molar-refractivity contribution in [3.8, 4) is 5.75 Å². The maximum absolute atomic E-state index is 12.4. The summed E-state index contributed by atoms with van der Waals surface area (Å²) in [5.74, 6) is 1.13. The van der Waals surface area contributed by atoms with Crippen LogP contribution in [0.3, 0.4) is 0 Å². The number of amides is 1. The first-order valence-electron chi connectivity index (χ1n) is 7.35. The van der Waals surface area contributed by atoms with Crippen LogP contribution in [0.2, 0.25) is 0 Å². The summed E-state index contributed by atoms with van der Waals surface area (Å²) in [7, 11) is 1.58. The fourth-order valence-electron chi connectivity index (χ4n) is 2.18. The standard InChI is InChI=1S/C17H19N3O2/c1-11-6-9-15(22-2)14(10-11)20-17(21)13-4-3-5-16(19-13)18-12-7-8-12/h3-6,9-10,12H,7-8H2,1-2H3,(H,18,19)(H,20,21). The van der Waals surface area contributed by atoms with Crippen LogP contribution in [0.4, 0.5) is 11.5 Å². The fraction of sp³-hybridized carbons (Fsp3) is 0.294. The molecule has 1 aliphatic carbocycles. The summed E-state index contributed by atoms with van der Waals surface area (Å²) in [4.78, 5) is 16.8. The van der Waals surface area contributed by atoms with Gasteiger partial charge in [0.25, 0.3) is 5.91 Å². The predicted molar refractivity (Wildman–Crippen MR) is 86.6 cm³/mol. The van der Waals surface area contributed by atoms with Gasteiger partial charge in [0.15, 0.2) is 0 Å². The molecule has 5 heteroatoms. The molecule has 1 heterocycles.